The van der Waals surface area contributed by atoms with E-state index in [1.165, 1.54) is 18.2 Å². The summed E-state index contributed by atoms with van der Waals surface area (Å²) in [4.78, 5) is 2.06. The SMILES string of the molecule is CC(CCN(C)C)NS(=O)(=O)c1ccc(N)cc1Cl. The van der Waals surface area contributed by atoms with E-state index in [-0.39, 0.29) is 16.0 Å². The first-order valence-corrected chi connectivity index (χ1v) is 7.80. The van der Waals surface area contributed by atoms with E-state index >= 15 is 0 Å². The molecule has 0 aliphatic carbocycles. The molecule has 1 atom stereocenters. The molecule has 5 nitrogen and oxygen atoms in total. The van der Waals surface area contributed by atoms with Gasteiger partial charge in [-0.15, -0.1) is 0 Å². The van der Waals surface area contributed by atoms with Crippen LogP contribution in [0.2, 0.25) is 5.02 Å². The Morgan fingerprint density at radius 3 is 2.58 bits per heavy atom. The lowest BCUT2D eigenvalue weighted by molar-refractivity contribution is 0.379. The highest BCUT2D eigenvalue weighted by molar-refractivity contribution is 7.89. The molecule has 0 radical (unpaired) electrons. The van der Waals surface area contributed by atoms with Crippen LogP contribution < -0.4 is 10.5 Å². The van der Waals surface area contributed by atoms with Crippen LogP contribution in [0.3, 0.4) is 0 Å². The van der Waals surface area contributed by atoms with Gasteiger partial charge in [0.05, 0.1) is 5.02 Å². The van der Waals surface area contributed by atoms with E-state index in [9.17, 15) is 8.42 Å². The molecular weight excluding hydrogens is 286 g/mol. The zero-order valence-corrected chi connectivity index (χ0v) is 12.9. The second-order valence-electron chi connectivity index (χ2n) is 4.80. The Bertz CT molecular complexity index is 532. The summed E-state index contributed by atoms with van der Waals surface area (Å²) < 4.78 is 26.9. The first-order chi connectivity index (χ1) is 8.72. The Balaban J connectivity index is 2.81. The fourth-order valence-electron chi connectivity index (χ4n) is 1.57. The van der Waals surface area contributed by atoms with E-state index in [1.54, 1.807) is 0 Å². The Kier molecular flexibility index (Phi) is 5.61. The van der Waals surface area contributed by atoms with Gasteiger partial charge in [-0.05, 0) is 52.2 Å². The van der Waals surface area contributed by atoms with E-state index in [0.29, 0.717) is 5.69 Å². The number of nitrogens with two attached hydrogens (primary N) is 1. The highest BCUT2D eigenvalue weighted by Gasteiger charge is 2.20. The van der Waals surface area contributed by atoms with Gasteiger partial charge in [0.25, 0.3) is 0 Å². The largest absolute Gasteiger partial charge is 0.399 e. The van der Waals surface area contributed by atoms with Gasteiger partial charge in [0.1, 0.15) is 4.90 Å². The number of sulfonamides is 1. The predicted molar refractivity (Wildman–Crippen MR) is 78.8 cm³/mol. The standard InChI is InChI=1S/C12H20ClN3O2S/c1-9(6-7-16(2)3)15-19(17,18)12-5-4-10(14)8-11(12)13/h4-5,8-9,15H,6-7,14H2,1-3H3. The Labute approximate surface area is 119 Å². The summed E-state index contributed by atoms with van der Waals surface area (Å²) in [6.07, 6.45) is 0.721. The quantitative estimate of drug-likeness (QED) is 0.782. The molecule has 1 unspecified atom stereocenters. The normalized spacial score (nSPS) is 13.7. The monoisotopic (exact) mass is 305 g/mol. The van der Waals surface area contributed by atoms with Crippen molar-refractivity contribution in [1.29, 1.82) is 0 Å². The zero-order chi connectivity index (χ0) is 14.6. The average molecular weight is 306 g/mol. The Morgan fingerprint density at radius 2 is 2.05 bits per heavy atom. The molecule has 108 valence electrons. The maximum atomic E-state index is 12.2. The fraction of sp³-hybridized carbons (Fsp3) is 0.500. The van der Waals surface area contributed by atoms with Gasteiger partial charge in [-0.25, -0.2) is 13.1 Å². The summed E-state index contributed by atoms with van der Waals surface area (Å²) in [5.41, 5.74) is 5.98. The van der Waals surface area contributed by atoms with Crippen LogP contribution in [-0.2, 0) is 10.0 Å². The molecule has 0 spiro atoms. The molecule has 0 saturated heterocycles. The van der Waals surface area contributed by atoms with E-state index in [2.05, 4.69) is 4.72 Å². The van der Waals surface area contributed by atoms with Crippen molar-refractivity contribution in [3.63, 3.8) is 0 Å². The molecule has 0 aromatic heterocycles. The van der Waals surface area contributed by atoms with Crippen LogP contribution in [0.1, 0.15) is 13.3 Å². The van der Waals surface area contributed by atoms with Crippen LogP contribution >= 0.6 is 11.6 Å². The van der Waals surface area contributed by atoms with Crippen molar-refractivity contribution in [1.82, 2.24) is 9.62 Å². The smallest absolute Gasteiger partial charge is 0.242 e. The molecule has 0 aliphatic heterocycles. The number of nitrogen functional groups attached to an aromatic ring is 1. The maximum Gasteiger partial charge on any atom is 0.242 e. The molecule has 0 heterocycles. The van der Waals surface area contributed by atoms with Gasteiger partial charge in [0.2, 0.25) is 10.0 Å². The topological polar surface area (TPSA) is 75.4 Å². The van der Waals surface area contributed by atoms with E-state index in [0.717, 1.165) is 13.0 Å². The van der Waals surface area contributed by atoms with Crippen LogP contribution in [0, 0.1) is 0 Å². The van der Waals surface area contributed by atoms with E-state index in [4.69, 9.17) is 17.3 Å². The lowest BCUT2D eigenvalue weighted by Gasteiger charge is -2.17. The first kappa shape index (κ1) is 16.2. The first-order valence-electron chi connectivity index (χ1n) is 5.94. The summed E-state index contributed by atoms with van der Waals surface area (Å²) in [7, 11) is 0.274. The molecule has 1 aromatic rings. The number of anilines is 1. The van der Waals surface area contributed by atoms with Crippen molar-refractivity contribution in [2.75, 3.05) is 26.4 Å². The van der Waals surface area contributed by atoms with Crippen molar-refractivity contribution in [3.8, 4) is 0 Å². The van der Waals surface area contributed by atoms with E-state index in [1.807, 2.05) is 25.9 Å². The lowest BCUT2D eigenvalue weighted by atomic mass is 10.2. The third-order valence-corrected chi connectivity index (χ3v) is 4.68. The number of benzene rings is 1. The molecule has 0 bridgehead atoms. The summed E-state index contributed by atoms with van der Waals surface area (Å²) >= 11 is 5.92. The number of nitrogens with one attached hydrogen (secondary N) is 1. The molecule has 0 aliphatic rings. The molecule has 0 amide bonds. The zero-order valence-electron chi connectivity index (χ0n) is 11.4. The van der Waals surface area contributed by atoms with Gasteiger partial charge < -0.3 is 10.6 Å². The Hall–Kier alpha value is -0.820. The highest BCUT2D eigenvalue weighted by Crippen LogP contribution is 2.23. The van der Waals surface area contributed by atoms with Crippen molar-refractivity contribution in [3.05, 3.63) is 23.2 Å². The highest BCUT2D eigenvalue weighted by atomic mass is 35.5. The minimum atomic E-state index is -3.61. The van der Waals surface area contributed by atoms with Gasteiger partial charge >= 0.3 is 0 Å². The molecule has 3 N–H and O–H groups in total. The Morgan fingerprint density at radius 1 is 1.42 bits per heavy atom. The van der Waals surface area contributed by atoms with Crippen LogP contribution in [-0.4, -0.2) is 40.0 Å². The third kappa shape index (κ3) is 4.99. The minimum Gasteiger partial charge on any atom is -0.399 e. The van der Waals surface area contributed by atoms with Crippen LogP contribution in [0.25, 0.3) is 0 Å². The second-order valence-corrected chi connectivity index (χ2v) is 6.89. The van der Waals surface area contributed by atoms with Crippen molar-refractivity contribution in [2.24, 2.45) is 0 Å². The number of halogens is 1. The van der Waals surface area contributed by atoms with Crippen LogP contribution in [0.4, 0.5) is 5.69 Å². The van der Waals surface area contributed by atoms with E-state index < -0.39 is 10.0 Å². The number of hydrogen-bond acceptors (Lipinski definition) is 4. The molecule has 1 rings (SSSR count). The molecule has 19 heavy (non-hydrogen) atoms. The minimum absolute atomic E-state index is 0.0556. The van der Waals surface area contributed by atoms with Gasteiger partial charge in [-0.1, -0.05) is 11.6 Å². The summed E-state index contributed by atoms with van der Waals surface area (Å²) in [6, 6.07) is 4.20. The molecule has 0 fully saturated rings. The lowest BCUT2D eigenvalue weighted by Crippen LogP contribution is -2.34. The number of rotatable bonds is 6. The molecule has 7 heteroatoms. The van der Waals surface area contributed by atoms with Crippen LogP contribution in [0.5, 0.6) is 0 Å². The average Bonchev–Trinajstić information content (AvgIpc) is 2.25. The van der Waals surface area contributed by atoms with Crippen molar-refractivity contribution < 1.29 is 8.42 Å². The van der Waals surface area contributed by atoms with Gasteiger partial charge in [0, 0.05) is 11.7 Å². The van der Waals surface area contributed by atoms with Crippen LogP contribution in [0.15, 0.2) is 23.1 Å². The third-order valence-electron chi connectivity index (χ3n) is 2.61. The summed E-state index contributed by atoms with van der Waals surface area (Å²) in [6.45, 7) is 2.63. The fourth-order valence-corrected chi connectivity index (χ4v) is 3.41. The van der Waals surface area contributed by atoms with Crippen molar-refractivity contribution >= 4 is 27.3 Å². The van der Waals surface area contributed by atoms with Crippen molar-refractivity contribution in [2.45, 2.75) is 24.3 Å². The second kappa shape index (κ2) is 6.56. The number of nitrogens with zero attached hydrogens (tertiary/aromatic N) is 1. The number of hydrogen-bond donors (Lipinski definition) is 2. The summed E-state index contributed by atoms with van der Waals surface area (Å²) in [5, 5.41) is 0.132. The summed E-state index contributed by atoms with van der Waals surface area (Å²) in [5.74, 6) is 0. The molecule has 1 aromatic carbocycles. The van der Waals surface area contributed by atoms with Gasteiger partial charge in [0.15, 0.2) is 0 Å². The molecular formula is C12H20ClN3O2S. The predicted octanol–water partition coefficient (Wildman–Crippen LogP) is 1.54. The maximum absolute atomic E-state index is 12.2. The molecule has 0 saturated carbocycles. The van der Waals surface area contributed by atoms with Gasteiger partial charge in [-0.2, -0.15) is 0 Å². The van der Waals surface area contributed by atoms with Gasteiger partial charge in [-0.3, -0.25) is 0 Å².